The zero-order valence-corrected chi connectivity index (χ0v) is 14.9. The van der Waals surface area contributed by atoms with E-state index in [1.54, 1.807) is 7.05 Å². The Morgan fingerprint density at radius 1 is 1.33 bits per heavy atom. The number of rotatable bonds is 10. The number of sulfonamides is 1. The fourth-order valence-electron chi connectivity index (χ4n) is 1.87. The molecule has 0 aromatic carbocycles. The third-order valence-electron chi connectivity index (χ3n) is 2.97. The lowest BCUT2D eigenvalue weighted by molar-refractivity contribution is 0.128. The number of hydrogen-bond acceptors (Lipinski definition) is 5. The SMILES string of the molecule is CNCc1scc(C)c1S(=O)(=O)NCCOCCC(C)C. The average Bonchev–Trinajstić information content (AvgIpc) is 2.75. The van der Waals surface area contributed by atoms with Gasteiger partial charge in [-0.2, -0.15) is 0 Å². The van der Waals surface area contributed by atoms with E-state index in [9.17, 15) is 8.42 Å². The molecule has 0 aliphatic carbocycles. The Morgan fingerprint density at radius 2 is 2.05 bits per heavy atom. The molecule has 0 spiro atoms. The molecule has 5 nitrogen and oxygen atoms in total. The Bertz CT molecular complexity index is 524. The summed E-state index contributed by atoms with van der Waals surface area (Å²) in [6.07, 6.45) is 0.989. The highest BCUT2D eigenvalue weighted by Gasteiger charge is 2.22. The highest BCUT2D eigenvalue weighted by molar-refractivity contribution is 7.89. The molecule has 1 aromatic heterocycles. The second kappa shape index (κ2) is 8.85. The van der Waals surface area contributed by atoms with Crippen LogP contribution >= 0.6 is 11.3 Å². The van der Waals surface area contributed by atoms with E-state index in [0.29, 0.717) is 37.1 Å². The molecule has 0 amide bonds. The van der Waals surface area contributed by atoms with Crippen LogP contribution in [0.5, 0.6) is 0 Å². The second-order valence-electron chi connectivity index (χ2n) is 5.39. The quantitative estimate of drug-likeness (QED) is 0.643. The number of thiophene rings is 1. The molecule has 0 bridgehead atoms. The molecule has 0 aliphatic heterocycles. The van der Waals surface area contributed by atoms with E-state index in [1.807, 2.05) is 12.3 Å². The second-order valence-corrected chi connectivity index (χ2v) is 8.06. The van der Waals surface area contributed by atoms with Crippen molar-refractivity contribution < 1.29 is 13.2 Å². The van der Waals surface area contributed by atoms with Crippen LogP contribution in [0.25, 0.3) is 0 Å². The van der Waals surface area contributed by atoms with E-state index in [-0.39, 0.29) is 0 Å². The van der Waals surface area contributed by atoms with Gasteiger partial charge < -0.3 is 10.1 Å². The summed E-state index contributed by atoms with van der Waals surface area (Å²) < 4.78 is 32.8. The van der Waals surface area contributed by atoms with Gasteiger partial charge in [0, 0.05) is 24.6 Å². The Labute approximate surface area is 132 Å². The van der Waals surface area contributed by atoms with E-state index in [2.05, 4.69) is 23.9 Å². The van der Waals surface area contributed by atoms with E-state index in [4.69, 9.17) is 4.74 Å². The molecule has 122 valence electrons. The van der Waals surface area contributed by atoms with Crippen LogP contribution in [-0.2, 0) is 21.3 Å². The van der Waals surface area contributed by atoms with Gasteiger partial charge in [-0.25, -0.2) is 13.1 Å². The minimum atomic E-state index is -3.46. The Hall–Kier alpha value is -0.470. The lowest BCUT2D eigenvalue weighted by Crippen LogP contribution is -2.28. The van der Waals surface area contributed by atoms with Crippen LogP contribution in [0.15, 0.2) is 10.3 Å². The maximum atomic E-state index is 12.4. The van der Waals surface area contributed by atoms with Gasteiger partial charge in [0.15, 0.2) is 0 Å². The molecule has 0 saturated carbocycles. The molecular formula is C14H26N2O3S2. The van der Waals surface area contributed by atoms with Crippen molar-refractivity contribution in [1.29, 1.82) is 0 Å². The first-order valence-corrected chi connectivity index (χ1v) is 9.53. The molecular weight excluding hydrogens is 308 g/mol. The molecule has 0 radical (unpaired) electrons. The van der Waals surface area contributed by atoms with Crippen molar-refractivity contribution in [1.82, 2.24) is 10.0 Å². The van der Waals surface area contributed by atoms with Crippen LogP contribution in [0, 0.1) is 12.8 Å². The largest absolute Gasteiger partial charge is 0.380 e. The molecule has 0 aliphatic rings. The Morgan fingerprint density at radius 3 is 2.67 bits per heavy atom. The van der Waals surface area contributed by atoms with Crippen LogP contribution in [0.4, 0.5) is 0 Å². The van der Waals surface area contributed by atoms with Crippen LogP contribution in [0.3, 0.4) is 0 Å². The number of hydrogen-bond donors (Lipinski definition) is 2. The molecule has 0 saturated heterocycles. The summed E-state index contributed by atoms with van der Waals surface area (Å²) in [6.45, 7) is 8.01. The molecule has 7 heteroatoms. The minimum Gasteiger partial charge on any atom is -0.380 e. The van der Waals surface area contributed by atoms with Gasteiger partial charge in [-0.15, -0.1) is 11.3 Å². The summed E-state index contributed by atoms with van der Waals surface area (Å²) in [4.78, 5) is 1.24. The van der Waals surface area contributed by atoms with Gasteiger partial charge in [-0.05, 0) is 37.3 Å². The summed E-state index contributed by atoms with van der Waals surface area (Å²) in [7, 11) is -1.66. The topological polar surface area (TPSA) is 67.4 Å². The average molecular weight is 335 g/mol. The minimum absolute atomic E-state index is 0.300. The van der Waals surface area contributed by atoms with E-state index >= 15 is 0 Å². The summed E-state index contributed by atoms with van der Waals surface area (Å²) in [6, 6.07) is 0. The summed E-state index contributed by atoms with van der Waals surface area (Å²) >= 11 is 1.47. The molecule has 1 rings (SSSR count). The third-order valence-corrected chi connectivity index (χ3v) is 5.90. The first kappa shape index (κ1) is 18.6. The lowest BCUT2D eigenvalue weighted by Gasteiger charge is -2.10. The highest BCUT2D eigenvalue weighted by atomic mass is 32.2. The van der Waals surface area contributed by atoms with Crippen LogP contribution < -0.4 is 10.0 Å². The van der Waals surface area contributed by atoms with Gasteiger partial charge in [-0.1, -0.05) is 13.8 Å². The molecule has 0 fully saturated rings. The number of ether oxygens (including phenoxy) is 1. The van der Waals surface area contributed by atoms with E-state index in [0.717, 1.165) is 16.9 Å². The van der Waals surface area contributed by atoms with Gasteiger partial charge in [0.2, 0.25) is 10.0 Å². The monoisotopic (exact) mass is 334 g/mol. The fraction of sp³-hybridized carbons (Fsp3) is 0.714. The third kappa shape index (κ3) is 6.04. The number of aryl methyl sites for hydroxylation is 1. The molecule has 21 heavy (non-hydrogen) atoms. The highest BCUT2D eigenvalue weighted by Crippen LogP contribution is 2.26. The predicted molar refractivity (Wildman–Crippen MR) is 87.3 cm³/mol. The van der Waals surface area contributed by atoms with Crippen LogP contribution in [0.1, 0.15) is 30.7 Å². The summed E-state index contributed by atoms with van der Waals surface area (Å²) in [5.41, 5.74) is 0.790. The van der Waals surface area contributed by atoms with Crippen LogP contribution in [0.2, 0.25) is 0 Å². The Balaban J connectivity index is 2.52. The lowest BCUT2D eigenvalue weighted by atomic mass is 10.1. The smallest absolute Gasteiger partial charge is 0.242 e. The summed E-state index contributed by atoms with van der Waals surface area (Å²) in [5.74, 6) is 0.597. The molecule has 1 aromatic rings. The molecule has 0 atom stereocenters. The van der Waals surface area contributed by atoms with Crippen molar-refractivity contribution in [2.45, 2.75) is 38.6 Å². The molecule has 0 unspecified atom stereocenters. The Kier molecular flexibility index (Phi) is 7.83. The fourth-order valence-corrected chi connectivity index (χ4v) is 4.70. The van der Waals surface area contributed by atoms with Crippen molar-refractivity contribution in [3.8, 4) is 0 Å². The van der Waals surface area contributed by atoms with Crippen LogP contribution in [-0.4, -0.2) is 35.2 Å². The van der Waals surface area contributed by atoms with E-state index < -0.39 is 10.0 Å². The summed E-state index contributed by atoms with van der Waals surface area (Å²) in [5, 5.41) is 4.87. The van der Waals surface area contributed by atoms with Crippen molar-refractivity contribution in [2.75, 3.05) is 26.8 Å². The number of nitrogens with one attached hydrogen (secondary N) is 2. The van der Waals surface area contributed by atoms with Gasteiger partial charge in [0.25, 0.3) is 0 Å². The standard InChI is InChI=1S/C14H26N2O3S2/c1-11(2)5-7-19-8-6-16-21(17,18)14-12(3)10-20-13(14)9-15-4/h10-11,15-16H,5-9H2,1-4H3. The molecule has 2 N–H and O–H groups in total. The predicted octanol–water partition coefficient (Wildman–Crippen LogP) is 2.12. The van der Waals surface area contributed by atoms with Crippen molar-refractivity contribution in [2.24, 2.45) is 5.92 Å². The first-order valence-electron chi connectivity index (χ1n) is 7.17. The van der Waals surface area contributed by atoms with Gasteiger partial charge in [0.05, 0.1) is 6.61 Å². The normalized spacial score (nSPS) is 12.2. The maximum absolute atomic E-state index is 12.4. The first-order chi connectivity index (χ1) is 9.88. The zero-order chi connectivity index (χ0) is 15.9. The molecule has 1 heterocycles. The van der Waals surface area contributed by atoms with Gasteiger partial charge in [0.1, 0.15) is 4.90 Å². The van der Waals surface area contributed by atoms with E-state index in [1.165, 1.54) is 11.3 Å². The zero-order valence-electron chi connectivity index (χ0n) is 13.2. The van der Waals surface area contributed by atoms with Gasteiger partial charge in [-0.3, -0.25) is 0 Å². The van der Waals surface area contributed by atoms with Crippen molar-refractivity contribution in [3.63, 3.8) is 0 Å². The van der Waals surface area contributed by atoms with Crippen molar-refractivity contribution >= 4 is 21.4 Å². The van der Waals surface area contributed by atoms with Gasteiger partial charge >= 0.3 is 0 Å². The maximum Gasteiger partial charge on any atom is 0.242 e. The van der Waals surface area contributed by atoms with Crippen molar-refractivity contribution in [3.05, 3.63) is 15.8 Å².